The van der Waals surface area contributed by atoms with Crippen molar-refractivity contribution in [3.05, 3.63) is 41.7 Å². The number of halogens is 1. The van der Waals surface area contributed by atoms with Gasteiger partial charge in [-0.2, -0.15) is 0 Å². The lowest BCUT2D eigenvalue weighted by Crippen LogP contribution is -2.06. The van der Waals surface area contributed by atoms with Gasteiger partial charge in [0.15, 0.2) is 0 Å². The van der Waals surface area contributed by atoms with Gasteiger partial charge in [0.05, 0.1) is 11.0 Å². The van der Waals surface area contributed by atoms with E-state index in [1.54, 1.807) is 0 Å². The predicted molar refractivity (Wildman–Crippen MR) is 72.3 cm³/mol. The zero-order valence-electron chi connectivity index (χ0n) is 9.69. The van der Waals surface area contributed by atoms with Crippen LogP contribution in [0, 0.1) is 0 Å². The van der Waals surface area contributed by atoms with Crippen LogP contribution in [0.4, 0.5) is 0 Å². The van der Waals surface area contributed by atoms with Crippen LogP contribution < -0.4 is 5.73 Å². The molecule has 0 bridgehead atoms. The molecule has 2 aromatic rings. The van der Waals surface area contributed by atoms with Crippen LogP contribution in [-0.2, 0) is 13.0 Å². The standard InChI is InChI=1S/C13H16ClN3/c1-2-8-17-12-6-5-10(14)9-11(12)16-13(17)4-3-7-15/h2,5-6,9H,1,3-4,7-8,15H2. The van der Waals surface area contributed by atoms with E-state index in [9.17, 15) is 0 Å². The molecule has 1 heterocycles. The van der Waals surface area contributed by atoms with Gasteiger partial charge >= 0.3 is 0 Å². The lowest BCUT2D eigenvalue weighted by Gasteiger charge is -2.05. The van der Waals surface area contributed by atoms with Gasteiger partial charge in [-0.25, -0.2) is 4.98 Å². The maximum Gasteiger partial charge on any atom is 0.110 e. The van der Waals surface area contributed by atoms with E-state index in [0.29, 0.717) is 11.6 Å². The van der Waals surface area contributed by atoms with Crippen LogP contribution in [0.25, 0.3) is 11.0 Å². The molecule has 2 rings (SSSR count). The van der Waals surface area contributed by atoms with Gasteiger partial charge in [0.25, 0.3) is 0 Å². The highest BCUT2D eigenvalue weighted by molar-refractivity contribution is 6.31. The smallest absolute Gasteiger partial charge is 0.110 e. The molecule has 2 N–H and O–H groups in total. The Morgan fingerprint density at radius 3 is 3.00 bits per heavy atom. The fraction of sp³-hybridized carbons (Fsp3) is 0.308. The first-order valence-corrected chi connectivity index (χ1v) is 6.09. The van der Waals surface area contributed by atoms with Crippen molar-refractivity contribution in [3.63, 3.8) is 0 Å². The lowest BCUT2D eigenvalue weighted by atomic mass is 10.3. The molecule has 3 nitrogen and oxygen atoms in total. The van der Waals surface area contributed by atoms with Crippen molar-refractivity contribution in [2.75, 3.05) is 6.54 Å². The molecule has 1 aromatic carbocycles. The molecule has 4 heteroatoms. The van der Waals surface area contributed by atoms with E-state index in [4.69, 9.17) is 17.3 Å². The minimum atomic E-state index is 0.679. The van der Waals surface area contributed by atoms with E-state index < -0.39 is 0 Å². The Morgan fingerprint density at radius 2 is 2.29 bits per heavy atom. The number of fused-ring (bicyclic) bond motifs is 1. The fourth-order valence-corrected chi connectivity index (χ4v) is 2.10. The molecule has 0 saturated heterocycles. The summed E-state index contributed by atoms with van der Waals surface area (Å²) in [6.07, 6.45) is 3.70. The normalized spacial score (nSPS) is 10.9. The number of aryl methyl sites for hydroxylation is 1. The first kappa shape index (κ1) is 12.1. The van der Waals surface area contributed by atoms with E-state index in [-0.39, 0.29) is 0 Å². The summed E-state index contributed by atoms with van der Waals surface area (Å²) in [7, 11) is 0. The van der Waals surface area contributed by atoms with Crippen LogP contribution in [0.15, 0.2) is 30.9 Å². The third-order valence-electron chi connectivity index (χ3n) is 2.71. The van der Waals surface area contributed by atoms with Crippen LogP contribution in [0.2, 0.25) is 5.02 Å². The number of rotatable bonds is 5. The summed E-state index contributed by atoms with van der Waals surface area (Å²) in [5, 5.41) is 0.714. The van der Waals surface area contributed by atoms with Gasteiger partial charge in [-0.1, -0.05) is 17.7 Å². The van der Waals surface area contributed by atoms with E-state index in [2.05, 4.69) is 16.1 Å². The number of nitrogens with two attached hydrogens (primary N) is 1. The Labute approximate surface area is 106 Å². The van der Waals surface area contributed by atoms with Crippen molar-refractivity contribution < 1.29 is 0 Å². The van der Waals surface area contributed by atoms with E-state index in [1.807, 2.05) is 24.3 Å². The van der Waals surface area contributed by atoms with Gasteiger partial charge in [0.1, 0.15) is 5.82 Å². The van der Waals surface area contributed by atoms with Crippen LogP contribution >= 0.6 is 11.6 Å². The summed E-state index contributed by atoms with van der Waals surface area (Å²) in [5.74, 6) is 1.05. The highest BCUT2D eigenvalue weighted by atomic mass is 35.5. The van der Waals surface area contributed by atoms with E-state index in [0.717, 1.165) is 36.2 Å². The molecular weight excluding hydrogens is 234 g/mol. The number of allylic oxidation sites excluding steroid dienone is 1. The zero-order chi connectivity index (χ0) is 12.3. The van der Waals surface area contributed by atoms with Crippen molar-refractivity contribution in [2.24, 2.45) is 5.73 Å². The molecule has 0 aliphatic rings. The molecule has 90 valence electrons. The monoisotopic (exact) mass is 249 g/mol. The summed E-state index contributed by atoms with van der Waals surface area (Å²) < 4.78 is 2.16. The van der Waals surface area contributed by atoms with Crippen molar-refractivity contribution in [3.8, 4) is 0 Å². The van der Waals surface area contributed by atoms with Gasteiger partial charge in [-0.15, -0.1) is 6.58 Å². The minimum absolute atomic E-state index is 0.679. The summed E-state index contributed by atoms with van der Waals surface area (Å²) in [5.41, 5.74) is 7.58. The second-order valence-electron chi connectivity index (χ2n) is 3.95. The predicted octanol–water partition coefficient (Wildman–Crippen LogP) is 2.77. The number of imidazole rings is 1. The lowest BCUT2D eigenvalue weighted by molar-refractivity contribution is 0.712. The summed E-state index contributed by atoms with van der Waals surface area (Å²) >= 11 is 5.97. The van der Waals surface area contributed by atoms with E-state index in [1.165, 1.54) is 0 Å². The molecule has 17 heavy (non-hydrogen) atoms. The Bertz CT molecular complexity index is 531. The average molecular weight is 250 g/mol. The Hall–Kier alpha value is -1.32. The second-order valence-corrected chi connectivity index (χ2v) is 4.39. The average Bonchev–Trinajstić information content (AvgIpc) is 2.64. The Morgan fingerprint density at radius 1 is 1.47 bits per heavy atom. The largest absolute Gasteiger partial charge is 0.330 e. The van der Waals surface area contributed by atoms with Gasteiger partial charge in [0, 0.05) is 18.0 Å². The SMILES string of the molecule is C=CCn1c(CCCN)nc2cc(Cl)ccc21. The van der Waals surface area contributed by atoms with Crippen LogP contribution in [0.3, 0.4) is 0 Å². The number of benzene rings is 1. The number of hydrogen-bond acceptors (Lipinski definition) is 2. The minimum Gasteiger partial charge on any atom is -0.330 e. The molecule has 0 fully saturated rings. The summed E-state index contributed by atoms with van der Waals surface area (Å²) in [6, 6.07) is 5.78. The van der Waals surface area contributed by atoms with Gasteiger partial charge in [-0.3, -0.25) is 0 Å². The molecule has 0 aliphatic heterocycles. The molecule has 0 atom stereocenters. The van der Waals surface area contributed by atoms with Crippen molar-refractivity contribution >= 4 is 22.6 Å². The fourth-order valence-electron chi connectivity index (χ4n) is 1.94. The second kappa shape index (κ2) is 5.34. The molecule has 0 amide bonds. The van der Waals surface area contributed by atoms with Crippen LogP contribution in [-0.4, -0.2) is 16.1 Å². The van der Waals surface area contributed by atoms with Gasteiger partial charge in [-0.05, 0) is 31.2 Å². The highest BCUT2D eigenvalue weighted by Gasteiger charge is 2.09. The molecule has 0 spiro atoms. The number of hydrogen-bond donors (Lipinski definition) is 1. The van der Waals surface area contributed by atoms with Gasteiger partial charge < -0.3 is 10.3 Å². The summed E-state index contributed by atoms with van der Waals surface area (Å²) in [6.45, 7) is 5.22. The van der Waals surface area contributed by atoms with Crippen molar-refractivity contribution in [1.82, 2.24) is 9.55 Å². The molecule has 0 aliphatic carbocycles. The molecule has 0 radical (unpaired) electrons. The van der Waals surface area contributed by atoms with Crippen molar-refractivity contribution in [2.45, 2.75) is 19.4 Å². The molecular formula is C13H16ClN3. The number of nitrogens with zero attached hydrogens (tertiary/aromatic N) is 2. The molecule has 0 saturated carbocycles. The quantitative estimate of drug-likeness (QED) is 0.828. The summed E-state index contributed by atoms with van der Waals surface area (Å²) in [4.78, 5) is 4.60. The maximum atomic E-state index is 5.97. The Kier molecular flexibility index (Phi) is 3.82. The zero-order valence-corrected chi connectivity index (χ0v) is 10.5. The molecule has 0 unspecified atom stereocenters. The maximum absolute atomic E-state index is 5.97. The van der Waals surface area contributed by atoms with Crippen LogP contribution in [0.5, 0.6) is 0 Å². The first-order valence-electron chi connectivity index (χ1n) is 5.72. The van der Waals surface area contributed by atoms with E-state index >= 15 is 0 Å². The first-order chi connectivity index (χ1) is 8.26. The van der Waals surface area contributed by atoms with Gasteiger partial charge in [0.2, 0.25) is 0 Å². The highest BCUT2D eigenvalue weighted by Crippen LogP contribution is 2.21. The topological polar surface area (TPSA) is 43.8 Å². The third kappa shape index (κ3) is 2.51. The Balaban J connectivity index is 2.49. The molecule has 1 aromatic heterocycles. The van der Waals surface area contributed by atoms with Crippen LogP contribution in [0.1, 0.15) is 12.2 Å². The number of aromatic nitrogens is 2. The van der Waals surface area contributed by atoms with Crippen molar-refractivity contribution in [1.29, 1.82) is 0 Å². The third-order valence-corrected chi connectivity index (χ3v) is 2.94.